The Hall–Kier alpha value is -1.00. The zero-order valence-electron chi connectivity index (χ0n) is 8.89. The Balaban J connectivity index is 2.81. The average molecular weight is 215 g/mol. The van der Waals surface area contributed by atoms with E-state index in [0.29, 0.717) is 18.6 Å². The van der Waals surface area contributed by atoms with Crippen molar-refractivity contribution in [3.05, 3.63) is 35.4 Å². The molecule has 0 aliphatic carbocycles. The van der Waals surface area contributed by atoms with E-state index in [-0.39, 0.29) is 6.04 Å². The molecule has 0 spiro atoms. The van der Waals surface area contributed by atoms with Gasteiger partial charge in [-0.2, -0.15) is 0 Å². The van der Waals surface area contributed by atoms with E-state index in [1.54, 1.807) is 14.2 Å². The van der Waals surface area contributed by atoms with Crippen LogP contribution in [0.25, 0.3) is 0 Å². The molecule has 1 unspecified atom stereocenters. The highest BCUT2D eigenvalue weighted by Crippen LogP contribution is 2.20. The number of halogens is 2. The largest absolute Gasteiger partial charge is 0.385 e. The van der Waals surface area contributed by atoms with Crippen molar-refractivity contribution in [2.24, 2.45) is 0 Å². The molecule has 1 atom stereocenters. The van der Waals surface area contributed by atoms with Crippen LogP contribution < -0.4 is 5.32 Å². The van der Waals surface area contributed by atoms with E-state index in [1.807, 2.05) is 0 Å². The van der Waals surface area contributed by atoms with Gasteiger partial charge in [-0.15, -0.1) is 0 Å². The molecular weight excluding hydrogens is 200 g/mol. The van der Waals surface area contributed by atoms with E-state index in [9.17, 15) is 8.78 Å². The summed E-state index contributed by atoms with van der Waals surface area (Å²) < 4.78 is 31.0. The summed E-state index contributed by atoms with van der Waals surface area (Å²) in [6.07, 6.45) is 0.648. The van der Waals surface area contributed by atoms with E-state index in [1.165, 1.54) is 12.1 Å². The van der Waals surface area contributed by atoms with Crippen LogP contribution >= 0.6 is 0 Å². The highest BCUT2D eigenvalue weighted by atomic mass is 19.1. The lowest BCUT2D eigenvalue weighted by Crippen LogP contribution is -2.19. The van der Waals surface area contributed by atoms with Crippen LogP contribution in [-0.2, 0) is 4.74 Å². The van der Waals surface area contributed by atoms with Crippen molar-refractivity contribution in [3.8, 4) is 0 Å². The number of benzene rings is 1. The fourth-order valence-electron chi connectivity index (χ4n) is 1.48. The van der Waals surface area contributed by atoms with Crippen LogP contribution in [0, 0.1) is 11.6 Å². The predicted molar refractivity (Wildman–Crippen MR) is 54.7 cm³/mol. The van der Waals surface area contributed by atoms with Crippen LogP contribution in [-0.4, -0.2) is 20.8 Å². The first-order valence-electron chi connectivity index (χ1n) is 4.80. The molecule has 2 nitrogen and oxygen atoms in total. The molecule has 0 aromatic heterocycles. The third-order valence-electron chi connectivity index (χ3n) is 2.30. The molecule has 4 heteroatoms. The lowest BCUT2D eigenvalue weighted by Gasteiger charge is -2.16. The monoisotopic (exact) mass is 215 g/mol. The van der Waals surface area contributed by atoms with Crippen LogP contribution in [0.3, 0.4) is 0 Å². The molecule has 0 aliphatic rings. The van der Waals surface area contributed by atoms with Gasteiger partial charge in [-0.1, -0.05) is 6.07 Å². The maximum atomic E-state index is 13.4. The van der Waals surface area contributed by atoms with E-state index in [2.05, 4.69) is 5.32 Å². The molecule has 0 amide bonds. The summed E-state index contributed by atoms with van der Waals surface area (Å²) in [5, 5.41) is 2.97. The van der Waals surface area contributed by atoms with Crippen molar-refractivity contribution in [1.29, 1.82) is 0 Å². The van der Waals surface area contributed by atoms with Crippen molar-refractivity contribution in [3.63, 3.8) is 0 Å². The van der Waals surface area contributed by atoms with Gasteiger partial charge in [-0.3, -0.25) is 0 Å². The minimum Gasteiger partial charge on any atom is -0.385 e. The van der Waals surface area contributed by atoms with Crippen LogP contribution in [0.1, 0.15) is 18.0 Å². The second-order valence-electron chi connectivity index (χ2n) is 3.29. The second kappa shape index (κ2) is 5.78. The van der Waals surface area contributed by atoms with Gasteiger partial charge in [-0.25, -0.2) is 8.78 Å². The standard InChI is InChI=1S/C11H15F2NO/c1-14-11(5-6-15-2)9-4-3-8(12)7-10(9)13/h3-4,7,11,14H,5-6H2,1-2H3. The van der Waals surface area contributed by atoms with Crippen molar-refractivity contribution in [1.82, 2.24) is 5.32 Å². The lowest BCUT2D eigenvalue weighted by molar-refractivity contribution is 0.183. The zero-order chi connectivity index (χ0) is 11.3. The molecule has 0 saturated heterocycles. The van der Waals surface area contributed by atoms with Crippen LogP contribution in [0.2, 0.25) is 0 Å². The van der Waals surface area contributed by atoms with E-state index >= 15 is 0 Å². The number of ether oxygens (including phenoxy) is 1. The molecule has 1 rings (SSSR count). The number of hydrogen-bond donors (Lipinski definition) is 1. The Bertz CT molecular complexity index is 317. The summed E-state index contributed by atoms with van der Waals surface area (Å²) >= 11 is 0. The average Bonchev–Trinajstić information content (AvgIpc) is 2.21. The minimum absolute atomic E-state index is 0.148. The molecule has 0 heterocycles. The first-order valence-corrected chi connectivity index (χ1v) is 4.80. The Kier molecular flexibility index (Phi) is 4.65. The van der Waals surface area contributed by atoms with Gasteiger partial charge in [0.25, 0.3) is 0 Å². The highest BCUT2D eigenvalue weighted by molar-refractivity contribution is 5.22. The molecule has 0 saturated carbocycles. The van der Waals surface area contributed by atoms with E-state index < -0.39 is 11.6 Å². The first-order chi connectivity index (χ1) is 7.19. The first kappa shape index (κ1) is 12.1. The fourth-order valence-corrected chi connectivity index (χ4v) is 1.48. The third kappa shape index (κ3) is 3.25. The summed E-state index contributed by atoms with van der Waals surface area (Å²) in [5.74, 6) is -1.08. The summed E-state index contributed by atoms with van der Waals surface area (Å²) in [7, 11) is 3.33. The smallest absolute Gasteiger partial charge is 0.130 e. The van der Waals surface area contributed by atoms with Crippen molar-refractivity contribution in [2.75, 3.05) is 20.8 Å². The van der Waals surface area contributed by atoms with Gasteiger partial charge in [0.1, 0.15) is 11.6 Å². The van der Waals surface area contributed by atoms with Crippen LogP contribution in [0.4, 0.5) is 8.78 Å². The maximum Gasteiger partial charge on any atom is 0.130 e. The molecule has 0 bridgehead atoms. The normalized spacial score (nSPS) is 12.8. The summed E-state index contributed by atoms with van der Waals surface area (Å²) in [5.41, 5.74) is 0.468. The molecule has 0 aliphatic heterocycles. The number of hydrogen-bond acceptors (Lipinski definition) is 2. The number of methoxy groups -OCH3 is 1. The van der Waals surface area contributed by atoms with Crippen molar-refractivity contribution in [2.45, 2.75) is 12.5 Å². The highest BCUT2D eigenvalue weighted by Gasteiger charge is 2.13. The molecule has 15 heavy (non-hydrogen) atoms. The van der Waals surface area contributed by atoms with E-state index in [4.69, 9.17) is 4.74 Å². The lowest BCUT2D eigenvalue weighted by atomic mass is 10.0. The molecule has 1 N–H and O–H groups in total. The van der Waals surface area contributed by atoms with Gasteiger partial charge in [0.2, 0.25) is 0 Å². The summed E-state index contributed by atoms with van der Waals surface area (Å²) in [4.78, 5) is 0. The van der Waals surface area contributed by atoms with Gasteiger partial charge in [0.05, 0.1) is 0 Å². The van der Waals surface area contributed by atoms with Gasteiger partial charge in [-0.05, 0) is 19.5 Å². The Morgan fingerprint density at radius 3 is 2.67 bits per heavy atom. The fraction of sp³-hybridized carbons (Fsp3) is 0.455. The maximum absolute atomic E-state index is 13.4. The molecular formula is C11H15F2NO. The van der Waals surface area contributed by atoms with Gasteiger partial charge in [0, 0.05) is 31.4 Å². The zero-order valence-corrected chi connectivity index (χ0v) is 8.89. The Morgan fingerprint density at radius 2 is 2.13 bits per heavy atom. The van der Waals surface area contributed by atoms with Crippen molar-refractivity contribution >= 4 is 0 Å². The predicted octanol–water partition coefficient (Wildman–Crippen LogP) is 2.26. The number of nitrogens with one attached hydrogen (secondary N) is 1. The van der Waals surface area contributed by atoms with Crippen LogP contribution in [0.15, 0.2) is 18.2 Å². The molecule has 84 valence electrons. The van der Waals surface area contributed by atoms with Gasteiger partial charge in [0.15, 0.2) is 0 Å². The molecule has 0 fully saturated rings. The quantitative estimate of drug-likeness (QED) is 0.813. The summed E-state index contributed by atoms with van der Waals surface area (Å²) in [6.45, 7) is 0.530. The number of rotatable bonds is 5. The topological polar surface area (TPSA) is 21.3 Å². The molecule has 0 radical (unpaired) electrons. The van der Waals surface area contributed by atoms with Crippen LogP contribution in [0.5, 0.6) is 0 Å². The third-order valence-corrected chi connectivity index (χ3v) is 2.30. The second-order valence-corrected chi connectivity index (χ2v) is 3.29. The van der Waals surface area contributed by atoms with Gasteiger partial charge >= 0.3 is 0 Å². The van der Waals surface area contributed by atoms with Gasteiger partial charge < -0.3 is 10.1 Å². The summed E-state index contributed by atoms with van der Waals surface area (Å²) in [6, 6.07) is 3.47. The SMILES string of the molecule is CNC(CCOC)c1ccc(F)cc1F. The minimum atomic E-state index is -0.558. The molecule has 1 aromatic rings. The van der Waals surface area contributed by atoms with Crippen molar-refractivity contribution < 1.29 is 13.5 Å². The van der Waals surface area contributed by atoms with E-state index in [0.717, 1.165) is 6.07 Å². The Labute approximate surface area is 88.3 Å². The Morgan fingerprint density at radius 1 is 1.40 bits per heavy atom. The molecule has 1 aromatic carbocycles.